The summed E-state index contributed by atoms with van der Waals surface area (Å²) in [4.78, 5) is 10.2. The van der Waals surface area contributed by atoms with Crippen molar-refractivity contribution in [1.29, 1.82) is 0 Å². The number of benzene rings is 1. The summed E-state index contributed by atoms with van der Waals surface area (Å²) in [6.45, 7) is 3.75. The van der Waals surface area contributed by atoms with Crippen molar-refractivity contribution in [2.45, 2.75) is 44.0 Å². The number of aryl methyl sites for hydroxylation is 1. The Morgan fingerprint density at radius 1 is 1.41 bits per heavy atom. The van der Waals surface area contributed by atoms with Gasteiger partial charge < -0.3 is 5.73 Å². The van der Waals surface area contributed by atoms with Gasteiger partial charge in [0.15, 0.2) is 0 Å². The molecule has 1 aromatic rings. The highest BCUT2D eigenvalue weighted by atomic mass is 35.5. The number of hydrogen-bond acceptors (Lipinski definition) is 5. The van der Waals surface area contributed by atoms with Gasteiger partial charge in [-0.1, -0.05) is 25.8 Å². The lowest BCUT2D eigenvalue weighted by molar-refractivity contribution is -0.385. The number of nitrogens with zero attached hydrogens (tertiary/aromatic N) is 1. The standard InChI is InChI=1S/C13H21N3O4S.ClH/c1-3-4-5-11(9-14)15-21(19,20)12-7-6-10(2)13(8-12)16(17)18;/h6-8,11,15H,3-5,9,14H2,1-2H3;1H. The fourth-order valence-corrected chi connectivity index (χ4v) is 3.22. The van der Waals surface area contributed by atoms with Gasteiger partial charge in [0.25, 0.3) is 5.69 Å². The smallest absolute Gasteiger partial charge is 0.273 e. The number of halogens is 1. The van der Waals surface area contributed by atoms with Gasteiger partial charge in [0.05, 0.1) is 9.82 Å². The van der Waals surface area contributed by atoms with E-state index in [1.165, 1.54) is 12.1 Å². The number of nitro benzene ring substituents is 1. The normalized spacial score (nSPS) is 12.5. The summed E-state index contributed by atoms with van der Waals surface area (Å²) in [5.74, 6) is 0. The van der Waals surface area contributed by atoms with Crippen LogP contribution in [0.2, 0.25) is 0 Å². The molecule has 0 saturated carbocycles. The number of nitrogens with two attached hydrogens (primary N) is 1. The van der Waals surface area contributed by atoms with Crippen molar-refractivity contribution in [1.82, 2.24) is 4.72 Å². The number of rotatable bonds is 8. The molecular weight excluding hydrogens is 330 g/mol. The minimum absolute atomic E-state index is 0. The van der Waals surface area contributed by atoms with Gasteiger partial charge in [-0.25, -0.2) is 13.1 Å². The lowest BCUT2D eigenvalue weighted by Gasteiger charge is -2.16. The Hall–Kier alpha value is -1.22. The molecule has 0 radical (unpaired) electrons. The van der Waals surface area contributed by atoms with Gasteiger partial charge in [-0.3, -0.25) is 10.1 Å². The van der Waals surface area contributed by atoms with Crippen LogP contribution in [-0.2, 0) is 10.0 Å². The molecule has 0 aromatic heterocycles. The fourth-order valence-electron chi connectivity index (χ4n) is 1.92. The fraction of sp³-hybridized carbons (Fsp3) is 0.538. The molecular formula is C13H22ClN3O4S. The van der Waals surface area contributed by atoms with Gasteiger partial charge in [-0.15, -0.1) is 12.4 Å². The third kappa shape index (κ3) is 5.53. The van der Waals surface area contributed by atoms with Gasteiger partial charge >= 0.3 is 0 Å². The molecule has 1 unspecified atom stereocenters. The number of unbranched alkanes of at least 4 members (excludes halogenated alkanes) is 1. The Bertz CT molecular complexity index is 607. The van der Waals surface area contributed by atoms with E-state index < -0.39 is 14.9 Å². The Balaban J connectivity index is 0.00000441. The highest BCUT2D eigenvalue weighted by molar-refractivity contribution is 7.89. The molecule has 9 heteroatoms. The van der Waals surface area contributed by atoms with Gasteiger partial charge in [-0.2, -0.15) is 0 Å². The summed E-state index contributed by atoms with van der Waals surface area (Å²) in [5, 5.41) is 10.9. The zero-order valence-electron chi connectivity index (χ0n) is 12.6. The summed E-state index contributed by atoms with van der Waals surface area (Å²) in [7, 11) is -3.81. The first kappa shape index (κ1) is 20.8. The van der Waals surface area contributed by atoms with Crippen LogP contribution in [0.4, 0.5) is 5.69 Å². The van der Waals surface area contributed by atoms with Crippen LogP contribution in [0, 0.1) is 17.0 Å². The molecule has 0 amide bonds. The lowest BCUT2D eigenvalue weighted by Crippen LogP contribution is -2.40. The van der Waals surface area contributed by atoms with Crippen LogP contribution >= 0.6 is 12.4 Å². The Morgan fingerprint density at radius 3 is 2.55 bits per heavy atom. The molecule has 126 valence electrons. The third-order valence-corrected chi connectivity index (χ3v) is 4.72. The molecule has 0 aliphatic rings. The van der Waals surface area contributed by atoms with Crippen molar-refractivity contribution in [3.05, 3.63) is 33.9 Å². The highest BCUT2D eigenvalue weighted by Crippen LogP contribution is 2.22. The molecule has 1 aromatic carbocycles. The zero-order valence-corrected chi connectivity index (χ0v) is 14.2. The maximum atomic E-state index is 12.3. The van der Waals surface area contributed by atoms with Crippen molar-refractivity contribution >= 4 is 28.1 Å². The number of nitro groups is 1. The van der Waals surface area contributed by atoms with E-state index in [0.29, 0.717) is 12.0 Å². The van der Waals surface area contributed by atoms with Crippen LogP contribution < -0.4 is 10.5 Å². The SMILES string of the molecule is CCCCC(CN)NS(=O)(=O)c1ccc(C)c([N+](=O)[O-])c1.Cl. The molecule has 1 rings (SSSR count). The minimum Gasteiger partial charge on any atom is -0.329 e. The zero-order chi connectivity index (χ0) is 16.0. The van der Waals surface area contributed by atoms with Gasteiger partial charge in [0.2, 0.25) is 10.0 Å². The van der Waals surface area contributed by atoms with Crippen LogP contribution in [-0.4, -0.2) is 25.9 Å². The van der Waals surface area contributed by atoms with E-state index in [2.05, 4.69) is 4.72 Å². The second-order valence-electron chi connectivity index (χ2n) is 4.90. The summed E-state index contributed by atoms with van der Waals surface area (Å²) in [5.41, 5.74) is 5.77. The second-order valence-corrected chi connectivity index (χ2v) is 6.62. The number of hydrogen-bond donors (Lipinski definition) is 2. The Kier molecular flexibility index (Phi) is 8.54. The molecule has 0 aliphatic heterocycles. The van der Waals surface area contributed by atoms with E-state index in [9.17, 15) is 18.5 Å². The van der Waals surface area contributed by atoms with E-state index in [0.717, 1.165) is 18.9 Å². The van der Waals surface area contributed by atoms with Crippen molar-refractivity contribution in [3.8, 4) is 0 Å². The maximum absolute atomic E-state index is 12.3. The molecule has 22 heavy (non-hydrogen) atoms. The quantitative estimate of drug-likeness (QED) is 0.549. The molecule has 0 bridgehead atoms. The van der Waals surface area contributed by atoms with E-state index in [4.69, 9.17) is 5.73 Å². The van der Waals surface area contributed by atoms with Gasteiger partial charge in [0.1, 0.15) is 0 Å². The average Bonchev–Trinajstić information content (AvgIpc) is 2.43. The van der Waals surface area contributed by atoms with Crippen molar-refractivity contribution in [3.63, 3.8) is 0 Å². The van der Waals surface area contributed by atoms with Crippen molar-refractivity contribution in [2.24, 2.45) is 5.73 Å². The lowest BCUT2D eigenvalue weighted by atomic mass is 10.1. The summed E-state index contributed by atoms with van der Waals surface area (Å²) in [6, 6.07) is 3.49. The number of nitrogens with one attached hydrogen (secondary N) is 1. The number of sulfonamides is 1. The monoisotopic (exact) mass is 351 g/mol. The topological polar surface area (TPSA) is 115 Å². The predicted molar refractivity (Wildman–Crippen MR) is 87.8 cm³/mol. The summed E-state index contributed by atoms with van der Waals surface area (Å²) in [6.07, 6.45) is 2.44. The van der Waals surface area contributed by atoms with E-state index in [-0.39, 0.29) is 35.6 Å². The maximum Gasteiger partial charge on any atom is 0.273 e. The first-order valence-corrected chi connectivity index (χ1v) is 8.27. The van der Waals surface area contributed by atoms with E-state index >= 15 is 0 Å². The largest absolute Gasteiger partial charge is 0.329 e. The van der Waals surface area contributed by atoms with Crippen LogP contribution in [0.1, 0.15) is 31.7 Å². The van der Waals surface area contributed by atoms with Gasteiger partial charge in [-0.05, 0) is 19.4 Å². The molecule has 0 saturated heterocycles. The minimum atomic E-state index is -3.81. The van der Waals surface area contributed by atoms with Crippen molar-refractivity contribution in [2.75, 3.05) is 6.54 Å². The Morgan fingerprint density at radius 2 is 2.05 bits per heavy atom. The molecule has 0 aliphatic carbocycles. The Labute approximate surface area is 136 Å². The molecule has 7 nitrogen and oxygen atoms in total. The molecule has 3 N–H and O–H groups in total. The van der Waals surface area contributed by atoms with Crippen LogP contribution in [0.3, 0.4) is 0 Å². The van der Waals surface area contributed by atoms with Gasteiger partial charge in [0, 0.05) is 24.2 Å². The highest BCUT2D eigenvalue weighted by Gasteiger charge is 2.22. The summed E-state index contributed by atoms with van der Waals surface area (Å²) < 4.78 is 27.0. The first-order chi connectivity index (χ1) is 9.81. The van der Waals surface area contributed by atoms with Crippen molar-refractivity contribution < 1.29 is 13.3 Å². The molecule has 0 fully saturated rings. The predicted octanol–water partition coefficient (Wildman–Crippen LogP) is 2.12. The average molecular weight is 352 g/mol. The van der Waals surface area contributed by atoms with Crippen LogP contribution in [0.25, 0.3) is 0 Å². The molecule has 1 atom stereocenters. The van der Waals surface area contributed by atoms with Crippen LogP contribution in [0.15, 0.2) is 23.1 Å². The van der Waals surface area contributed by atoms with E-state index in [1.807, 2.05) is 6.92 Å². The second kappa shape index (κ2) is 9.04. The molecule has 0 spiro atoms. The summed E-state index contributed by atoms with van der Waals surface area (Å²) >= 11 is 0. The van der Waals surface area contributed by atoms with Crippen LogP contribution in [0.5, 0.6) is 0 Å². The van der Waals surface area contributed by atoms with E-state index in [1.54, 1.807) is 6.92 Å². The first-order valence-electron chi connectivity index (χ1n) is 6.79. The molecule has 0 heterocycles. The third-order valence-electron chi connectivity index (χ3n) is 3.20.